The summed E-state index contributed by atoms with van der Waals surface area (Å²) < 4.78 is 10.8. The number of aliphatic imine (C=N–C) groups is 1. The lowest BCUT2D eigenvalue weighted by molar-refractivity contribution is -0.129. The van der Waals surface area contributed by atoms with Gasteiger partial charge >= 0.3 is 0 Å². The van der Waals surface area contributed by atoms with E-state index in [1.807, 2.05) is 24.0 Å². The van der Waals surface area contributed by atoms with Crippen molar-refractivity contribution in [2.24, 2.45) is 10.9 Å². The normalized spacial score (nSPS) is 22.6. The van der Waals surface area contributed by atoms with E-state index in [1.54, 1.807) is 6.26 Å². The van der Waals surface area contributed by atoms with Gasteiger partial charge in [-0.1, -0.05) is 6.92 Å². The topological polar surface area (TPSA) is 79.1 Å². The number of amides is 1. The number of nitrogens with zero attached hydrogens (tertiary/aromatic N) is 2. The number of carbonyl (C=O) groups excluding carboxylic acids is 1. The summed E-state index contributed by atoms with van der Waals surface area (Å²) in [5.74, 6) is 2.50. The van der Waals surface area contributed by atoms with E-state index in [1.165, 1.54) is 0 Å². The number of likely N-dealkylation sites (tertiary alicyclic amines) is 1. The van der Waals surface area contributed by atoms with Crippen molar-refractivity contribution in [3.63, 3.8) is 0 Å². The van der Waals surface area contributed by atoms with Crippen LogP contribution < -0.4 is 10.6 Å². The molecule has 2 saturated heterocycles. The van der Waals surface area contributed by atoms with Gasteiger partial charge in [0, 0.05) is 57.6 Å². The van der Waals surface area contributed by atoms with E-state index >= 15 is 0 Å². The maximum atomic E-state index is 11.9. The van der Waals surface area contributed by atoms with Crippen LogP contribution in [0.2, 0.25) is 0 Å². The molecular weight excluding hydrogens is 459 g/mol. The van der Waals surface area contributed by atoms with Crippen LogP contribution in [0.4, 0.5) is 0 Å². The maximum Gasteiger partial charge on any atom is 0.222 e. The molecule has 0 aromatic carbocycles. The van der Waals surface area contributed by atoms with Crippen molar-refractivity contribution >= 4 is 35.8 Å². The molecule has 0 saturated carbocycles. The zero-order valence-corrected chi connectivity index (χ0v) is 18.3. The molecule has 1 aromatic heterocycles. The summed E-state index contributed by atoms with van der Waals surface area (Å²) in [6.45, 7) is 6.64. The predicted octanol–water partition coefficient (Wildman–Crippen LogP) is 2.02. The number of guanidine groups is 1. The average Bonchev–Trinajstić information content (AvgIpc) is 3.41. The molecule has 8 heteroatoms. The van der Waals surface area contributed by atoms with E-state index in [0.717, 1.165) is 70.4 Å². The van der Waals surface area contributed by atoms with Crippen LogP contribution in [0.15, 0.2) is 27.8 Å². The van der Waals surface area contributed by atoms with Crippen LogP contribution in [0, 0.1) is 5.92 Å². The molecule has 2 aliphatic heterocycles. The second-order valence-corrected chi connectivity index (χ2v) is 7.00. The van der Waals surface area contributed by atoms with Gasteiger partial charge in [0.25, 0.3) is 0 Å². The van der Waals surface area contributed by atoms with Crippen molar-refractivity contribution in [3.8, 4) is 0 Å². The van der Waals surface area contributed by atoms with Crippen LogP contribution in [-0.4, -0.2) is 62.2 Å². The predicted molar refractivity (Wildman–Crippen MR) is 115 cm³/mol. The van der Waals surface area contributed by atoms with E-state index in [2.05, 4.69) is 10.6 Å². The Hall–Kier alpha value is -1.29. The molecule has 7 nitrogen and oxygen atoms in total. The van der Waals surface area contributed by atoms with E-state index in [4.69, 9.17) is 14.1 Å². The Morgan fingerprint density at radius 2 is 2.30 bits per heavy atom. The van der Waals surface area contributed by atoms with Gasteiger partial charge in [-0.3, -0.25) is 9.79 Å². The van der Waals surface area contributed by atoms with Crippen molar-refractivity contribution in [2.75, 3.05) is 39.4 Å². The highest BCUT2D eigenvalue weighted by atomic mass is 127. The van der Waals surface area contributed by atoms with Gasteiger partial charge in [0.1, 0.15) is 5.76 Å². The highest BCUT2D eigenvalue weighted by molar-refractivity contribution is 14.0. The zero-order chi connectivity index (χ0) is 18.2. The molecule has 27 heavy (non-hydrogen) atoms. The Bertz CT molecular complexity index is 588. The highest BCUT2D eigenvalue weighted by Gasteiger charge is 2.26. The van der Waals surface area contributed by atoms with Crippen molar-refractivity contribution in [1.29, 1.82) is 0 Å². The average molecular weight is 490 g/mol. The van der Waals surface area contributed by atoms with E-state index in [9.17, 15) is 4.79 Å². The fourth-order valence-corrected chi connectivity index (χ4v) is 3.38. The Kier molecular flexibility index (Phi) is 9.40. The van der Waals surface area contributed by atoms with Gasteiger partial charge in [0.2, 0.25) is 5.91 Å². The maximum absolute atomic E-state index is 11.9. The van der Waals surface area contributed by atoms with Crippen molar-refractivity contribution in [1.82, 2.24) is 15.5 Å². The van der Waals surface area contributed by atoms with Gasteiger partial charge < -0.3 is 24.7 Å². The van der Waals surface area contributed by atoms with Gasteiger partial charge in [-0.2, -0.15) is 0 Å². The number of rotatable bonds is 7. The lowest BCUT2D eigenvalue weighted by Crippen LogP contribution is -2.45. The lowest BCUT2D eigenvalue weighted by atomic mass is 10.1. The van der Waals surface area contributed by atoms with Crippen LogP contribution in [-0.2, 0) is 16.0 Å². The molecule has 0 radical (unpaired) electrons. The Balaban J connectivity index is 0.00000261. The molecule has 152 valence electrons. The van der Waals surface area contributed by atoms with Crippen LogP contribution in [0.25, 0.3) is 0 Å². The SMILES string of the molecule is CCC(=O)N1CCC(NC(=NCC2CCOC2)NCCc2ccco2)C1.I. The molecule has 3 heterocycles. The summed E-state index contributed by atoms with van der Waals surface area (Å²) in [7, 11) is 0. The molecule has 1 amide bonds. The molecule has 0 aliphatic carbocycles. The largest absolute Gasteiger partial charge is 0.469 e. The number of nitrogens with one attached hydrogen (secondary N) is 2. The van der Waals surface area contributed by atoms with Gasteiger partial charge in [-0.15, -0.1) is 24.0 Å². The van der Waals surface area contributed by atoms with Crippen LogP contribution >= 0.6 is 24.0 Å². The Morgan fingerprint density at radius 3 is 3.00 bits per heavy atom. The Morgan fingerprint density at radius 1 is 1.41 bits per heavy atom. The number of hydrogen-bond donors (Lipinski definition) is 2. The fraction of sp³-hybridized carbons (Fsp3) is 0.684. The third kappa shape index (κ3) is 6.99. The first-order valence-electron chi connectivity index (χ1n) is 9.67. The smallest absolute Gasteiger partial charge is 0.222 e. The summed E-state index contributed by atoms with van der Waals surface area (Å²) in [6.07, 6.45) is 5.10. The molecule has 2 fully saturated rings. The van der Waals surface area contributed by atoms with Gasteiger partial charge in [0.15, 0.2) is 5.96 Å². The summed E-state index contributed by atoms with van der Waals surface area (Å²) in [5.41, 5.74) is 0. The van der Waals surface area contributed by atoms with Gasteiger partial charge in [-0.05, 0) is 25.0 Å². The molecule has 2 aliphatic rings. The number of hydrogen-bond acceptors (Lipinski definition) is 4. The summed E-state index contributed by atoms with van der Waals surface area (Å²) in [6, 6.07) is 4.13. The third-order valence-corrected chi connectivity index (χ3v) is 4.96. The zero-order valence-electron chi connectivity index (χ0n) is 16.0. The highest BCUT2D eigenvalue weighted by Crippen LogP contribution is 2.13. The van der Waals surface area contributed by atoms with Crippen LogP contribution in [0.5, 0.6) is 0 Å². The molecule has 2 N–H and O–H groups in total. The van der Waals surface area contributed by atoms with Crippen LogP contribution in [0.1, 0.15) is 31.9 Å². The minimum absolute atomic E-state index is 0. The van der Waals surface area contributed by atoms with E-state index in [0.29, 0.717) is 12.3 Å². The number of halogens is 1. The first-order chi connectivity index (χ1) is 12.7. The number of carbonyl (C=O) groups is 1. The number of ether oxygens (including phenoxy) is 1. The monoisotopic (exact) mass is 490 g/mol. The van der Waals surface area contributed by atoms with Crippen LogP contribution in [0.3, 0.4) is 0 Å². The Labute approximate surface area is 178 Å². The summed E-state index contributed by atoms with van der Waals surface area (Å²) in [5, 5.41) is 6.90. The van der Waals surface area contributed by atoms with Crippen molar-refractivity contribution in [2.45, 2.75) is 38.6 Å². The molecule has 2 atom stereocenters. The minimum atomic E-state index is 0. The van der Waals surface area contributed by atoms with Crippen molar-refractivity contribution < 1.29 is 13.9 Å². The van der Waals surface area contributed by atoms with E-state index < -0.39 is 0 Å². The summed E-state index contributed by atoms with van der Waals surface area (Å²) in [4.78, 5) is 18.6. The number of furan rings is 1. The second kappa shape index (κ2) is 11.5. The first kappa shape index (κ1) is 22.0. The quantitative estimate of drug-likeness (QED) is 0.348. The molecule has 1 aromatic rings. The third-order valence-electron chi connectivity index (χ3n) is 4.96. The molecule has 3 rings (SSSR count). The molecule has 0 spiro atoms. The van der Waals surface area contributed by atoms with E-state index in [-0.39, 0.29) is 35.9 Å². The lowest BCUT2D eigenvalue weighted by Gasteiger charge is -2.19. The molecule has 2 unspecified atom stereocenters. The van der Waals surface area contributed by atoms with Gasteiger partial charge in [0.05, 0.1) is 12.9 Å². The molecular formula is C19H31IN4O3. The second-order valence-electron chi connectivity index (χ2n) is 7.00. The fourth-order valence-electron chi connectivity index (χ4n) is 3.38. The van der Waals surface area contributed by atoms with Crippen molar-refractivity contribution in [3.05, 3.63) is 24.2 Å². The minimum Gasteiger partial charge on any atom is -0.469 e. The molecule has 0 bridgehead atoms. The summed E-state index contributed by atoms with van der Waals surface area (Å²) >= 11 is 0. The standard InChI is InChI=1S/C19H30N4O3.HI/c1-2-18(24)23-9-6-16(13-23)22-19(21-12-15-7-11-25-14-15)20-8-5-17-4-3-10-26-17;/h3-4,10,15-16H,2,5-9,11-14H2,1H3,(H2,20,21,22);1H. The first-order valence-corrected chi connectivity index (χ1v) is 9.67. The van der Waals surface area contributed by atoms with Gasteiger partial charge in [-0.25, -0.2) is 0 Å².